The molecule has 2 bridgehead atoms. The minimum absolute atomic E-state index is 0.00703. The number of carbonyl (C=O) groups excluding carboxylic acids is 2. The highest BCUT2D eigenvalue weighted by Gasteiger charge is 2.38. The van der Waals surface area contributed by atoms with Crippen molar-refractivity contribution in [3.63, 3.8) is 0 Å². The average molecular weight is 382 g/mol. The molecule has 3 fully saturated rings. The van der Waals surface area contributed by atoms with Gasteiger partial charge in [-0.05, 0) is 48.6 Å². The number of nitrogens with zero attached hydrogens (tertiary/aromatic N) is 3. The molecule has 0 spiro atoms. The minimum Gasteiger partial charge on any atom is -0.336 e. The van der Waals surface area contributed by atoms with E-state index < -0.39 is 0 Å². The zero-order valence-electron chi connectivity index (χ0n) is 15.6. The van der Waals surface area contributed by atoms with Crippen LogP contribution in [0.3, 0.4) is 0 Å². The quantitative estimate of drug-likeness (QED) is 0.888. The average Bonchev–Trinajstić information content (AvgIpc) is 3.05. The van der Waals surface area contributed by atoms with Crippen LogP contribution in [-0.4, -0.2) is 52.4 Å². The summed E-state index contributed by atoms with van der Waals surface area (Å²) in [5, 5.41) is 2.93. The van der Waals surface area contributed by atoms with Crippen LogP contribution in [0.2, 0.25) is 0 Å². The molecule has 28 heavy (non-hydrogen) atoms. The van der Waals surface area contributed by atoms with E-state index in [4.69, 9.17) is 0 Å². The molecule has 3 aliphatic heterocycles. The van der Waals surface area contributed by atoms with Crippen LogP contribution in [0.1, 0.15) is 28.8 Å². The topological polar surface area (TPSA) is 65.5 Å². The van der Waals surface area contributed by atoms with Gasteiger partial charge in [-0.3, -0.25) is 9.78 Å². The fourth-order valence-corrected chi connectivity index (χ4v) is 4.05. The van der Waals surface area contributed by atoms with Crippen LogP contribution in [0.15, 0.2) is 48.8 Å². The van der Waals surface area contributed by atoms with Gasteiger partial charge in [0, 0.05) is 38.6 Å². The Kier molecular flexibility index (Phi) is 5.23. The third-order valence-corrected chi connectivity index (χ3v) is 5.53. The molecule has 1 aromatic heterocycles. The molecular weight excluding hydrogens is 359 g/mol. The lowest BCUT2D eigenvalue weighted by Crippen LogP contribution is -2.51. The van der Waals surface area contributed by atoms with E-state index in [1.807, 2.05) is 9.80 Å². The van der Waals surface area contributed by atoms with Crippen molar-refractivity contribution >= 4 is 11.9 Å². The molecule has 146 valence electrons. The molecule has 2 atom stereocenters. The summed E-state index contributed by atoms with van der Waals surface area (Å²) in [6, 6.07) is 9.51. The van der Waals surface area contributed by atoms with Crippen molar-refractivity contribution < 1.29 is 14.0 Å². The normalized spacial score (nSPS) is 21.3. The van der Waals surface area contributed by atoms with E-state index in [1.165, 1.54) is 12.1 Å². The van der Waals surface area contributed by atoms with Crippen molar-refractivity contribution in [2.45, 2.75) is 25.4 Å². The predicted octanol–water partition coefficient (Wildman–Crippen LogP) is 2.67. The van der Waals surface area contributed by atoms with Gasteiger partial charge in [0.1, 0.15) is 5.82 Å². The van der Waals surface area contributed by atoms with Crippen molar-refractivity contribution in [3.8, 4) is 0 Å². The van der Waals surface area contributed by atoms with Gasteiger partial charge in [-0.15, -0.1) is 0 Å². The largest absolute Gasteiger partial charge is 0.336 e. The fraction of sp³-hybridized carbons (Fsp3) is 0.381. The van der Waals surface area contributed by atoms with Gasteiger partial charge in [0.05, 0.1) is 11.6 Å². The Labute approximate surface area is 163 Å². The number of nitrogens with one attached hydrogen (secondary N) is 1. The Morgan fingerprint density at radius 2 is 1.93 bits per heavy atom. The minimum atomic E-state index is -0.293. The molecule has 3 aliphatic rings. The summed E-state index contributed by atoms with van der Waals surface area (Å²) in [4.78, 5) is 33.3. The first-order valence-electron chi connectivity index (χ1n) is 9.58. The van der Waals surface area contributed by atoms with Crippen LogP contribution in [0.5, 0.6) is 0 Å². The second kappa shape index (κ2) is 7.96. The molecule has 0 aliphatic carbocycles. The molecule has 0 saturated carbocycles. The summed E-state index contributed by atoms with van der Waals surface area (Å²) in [6.07, 6.45) is 5.15. The Balaban J connectivity index is 1.41. The van der Waals surface area contributed by atoms with Crippen molar-refractivity contribution in [1.29, 1.82) is 0 Å². The summed E-state index contributed by atoms with van der Waals surface area (Å²) in [7, 11) is 0. The van der Waals surface area contributed by atoms with Crippen molar-refractivity contribution in [2.75, 3.05) is 19.6 Å². The zero-order chi connectivity index (χ0) is 19.5. The summed E-state index contributed by atoms with van der Waals surface area (Å²) in [6.45, 7) is 2.20. The second-order valence-corrected chi connectivity index (χ2v) is 7.49. The molecule has 4 heterocycles. The van der Waals surface area contributed by atoms with Crippen LogP contribution in [0.25, 0.3) is 0 Å². The first kappa shape index (κ1) is 18.4. The predicted molar refractivity (Wildman–Crippen MR) is 102 cm³/mol. The number of benzene rings is 1. The van der Waals surface area contributed by atoms with Crippen molar-refractivity contribution in [3.05, 3.63) is 65.7 Å². The molecule has 3 amide bonds. The van der Waals surface area contributed by atoms with Gasteiger partial charge in [0.2, 0.25) is 0 Å². The van der Waals surface area contributed by atoms with Crippen LogP contribution < -0.4 is 5.32 Å². The SMILES string of the molecule is O=C(c1cccnc1)N1C[C@H]2CC[C@@H](C1)N(C(=O)NCc1ccc(F)cc1)C2. The second-order valence-electron chi connectivity index (χ2n) is 7.49. The number of halogens is 1. The number of hydrogen-bond donors (Lipinski definition) is 1. The molecule has 7 heteroatoms. The molecule has 5 rings (SSSR count). The monoisotopic (exact) mass is 382 g/mol. The molecule has 2 aromatic rings. The number of hydrogen-bond acceptors (Lipinski definition) is 3. The molecular formula is C21H23FN4O2. The van der Waals surface area contributed by atoms with Gasteiger partial charge in [-0.1, -0.05) is 12.1 Å². The summed E-state index contributed by atoms with van der Waals surface area (Å²) >= 11 is 0. The molecule has 1 N–H and O–H groups in total. The van der Waals surface area contributed by atoms with Gasteiger partial charge in [-0.2, -0.15) is 0 Å². The number of urea groups is 1. The fourth-order valence-electron chi connectivity index (χ4n) is 4.05. The molecule has 1 aromatic carbocycles. The van der Waals surface area contributed by atoms with E-state index >= 15 is 0 Å². The van der Waals surface area contributed by atoms with Crippen molar-refractivity contribution in [1.82, 2.24) is 20.1 Å². The first-order chi connectivity index (χ1) is 13.6. The van der Waals surface area contributed by atoms with Gasteiger partial charge in [-0.25, -0.2) is 9.18 Å². The lowest BCUT2D eigenvalue weighted by atomic mass is 9.95. The van der Waals surface area contributed by atoms with E-state index in [-0.39, 0.29) is 29.7 Å². The summed E-state index contributed by atoms with van der Waals surface area (Å²) in [5.41, 5.74) is 1.43. The van der Waals surface area contributed by atoms with E-state index in [1.54, 1.807) is 36.7 Å². The van der Waals surface area contributed by atoms with E-state index in [0.29, 0.717) is 31.7 Å². The molecule has 0 radical (unpaired) electrons. The number of carbonyl (C=O) groups is 2. The maximum absolute atomic E-state index is 13.0. The standard InChI is InChI=1S/C21H23FN4O2/c22-18-6-3-15(4-7-18)10-24-21(28)26-13-16-5-8-19(26)14-25(12-16)20(27)17-2-1-9-23-11-17/h1-4,6-7,9,11,16,19H,5,8,10,12-14H2,(H,24,28)/t16-,19+/m1/s1. The molecule has 0 unspecified atom stereocenters. The smallest absolute Gasteiger partial charge is 0.317 e. The number of pyridine rings is 1. The van der Waals surface area contributed by atoms with Crippen LogP contribution in [0, 0.1) is 11.7 Å². The third kappa shape index (κ3) is 3.98. The third-order valence-electron chi connectivity index (χ3n) is 5.53. The highest BCUT2D eigenvalue weighted by molar-refractivity contribution is 5.94. The van der Waals surface area contributed by atoms with Crippen LogP contribution in [0.4, 0.5) is 9.18 Å². The molecule has 6 nitrogen and oxygen atoms in total. The lowest BCUT2D eigenvalue weighted by Gasteiger charge is -2.36. The van der Waals surface area contributed by atoms with Gasteiger partial charge in [0.15, 0.2) is 0 Å². The zero-order valence-corrected chi connectivity index (χ0v) is 15.6. The highest BCUT2D eigenvalue weighted by atomic mass is 19.1. The van der Waals surface area contributed by atoms with Crippen LogP contribution >= 0.6 is 0 Å². The number of rotatable bonds is 3. The Morgan fingerprint density at radius 1 is 1.11 bits per heavy atom. The maximum Gasteiger partial charge on any atom is 0.317 e. The van der Waals surface area contributed by atoms with E-state index in [0.717, 1.165) is 18.4 Å². The van der Waals surface area contributed by atoms with Gasteiger partial charge < -0.3 is 15.1 Å². The first-order valence-corrected chi connectivity index (χ1v) is 9.58. The number of piperidine rings is 1. The van der Waals surface area contributed by atoms with Crippen LogP contribution in [-0.2, 0) is 6.54 Å². The Bertz CT molecular complexity index is 843. The van der Waals surface area contributed by atoms with E-state index in [2.05, 4.69) is 10.3 Å². The number of fused-ring (bicyclic) bond motifs is 4. The molecule has 3 saturated heterocycles. The Morgan fingerprint density at radius 3 is 2.68 bits per heavy atom. The maximum atomic E-state index is 13.0. The Hall–Kier alpha value is -2.96. The van der Waals surface area contributed by atoms with Crippen molar-refractivity contribution in [2.24, 2.45) is 5.92 Å². The van der Waals surface area contributed by atoms with E-state index in [9.17, 15) is 14.0 Å². The lowest BCUT2D eigenvalue weighted by molar-refractivity contribution is 0.0741. The number of amides is 3. The highest BCUT2D eigenvalue weighted by Crippen LogP contribution is 2.28. The van der Waals surface area contributed by atoms with Gasteiger partial charge >= 0.3 is 6.03 Å². The number of aromatic nitrogens is 1. The summed E-state index contributed by atoms with van der Waals surface area (Å²) in [5.74, 6) is -0.0483. The van der Waals surface area contributed by atoms with Gasteiger partial charge in [0.25, 0.3) is 5.91 Å². The summed E-state index contributed by atoms with van der Waals surface area (Å²) < 4.78 is 13.0.